The van der Waals surface area contributed by atoms with Crippen LogP contribution in [0.1, 0.15) is 30.9 Å². The highest BCUT2D eigenvalue weighted by Gasteiger charge is 2.14. The number of hydroxylamine groups is 1. The van der Waals surface area contributed by atoms with E-state index < -0.39 is 5.97 Å². The summed E-state index contributed by atoms with van der Waals surface area (Å²) >= 11 is 0. The van der Waals surface area contributed by atoms with Crippen LogP contribution in [0.2, 0.25) is 0 Å². The van der Waals surface area contributed by atoms with Crippen LogP contribution in [-0.4, -0.2) is 29.3 Å². The third-order valence-electron chi connectivity index (χ3n) is 4.91. The van der Waals surface area contributed by atoms with Crippen molar-refractivity contribution in [2.75, 3.05) is 13.2 Å². The highest BCUT2D eigenvalue weighted by atomic mass is 16.6. The van der Waals surface area contributed by atoms with Crippen LogP contribution in [0.4, 0.5) is 0 Å². The van der Waals surface area contributed by atoms with E-state index in [2.05, 4.69) is 10.5 Å². The minimum absolute atomic E-state index is 0.253. The highest BCUT2D eigenvalue weighted by Crippen LogP contribution is 2.22. The fourth-order valence-electron chi connectivity index (χ4n) is 3.15. The van der Waals surface area contributed by atoms with Crippen LogP contribution >= 0.6 is 0 Å². The lowest BCUT2D eigenvalue weighted by molar-refractivity contribution is -0.132. The summed E-state index contributed by atoms with van der Waals surface area (Å²) in [6.07, 6.45) is 0.903. The van der Waals surface area contributed by atoms with Crippen LogP contribution in [-0.2, 0) is 22.5 Å². The van der Waals surface area contributed by atoms with E-state index in [0.29, 0.717) is 37.0 Å². The number of hydrogen-bond donors (Lipinski definition) is 2. The second-order valence-electron chi connectivity index (χ2n) is 7.25. The van der Waals surface area contributed by atoms with Crippen molar-refractivity contribution in [2.45, 2.75) is 33.6 Å². The lowest BCUT2D eigenvalue weighted by Gasteiger charge is -2.11. The van der Waals surface area contributed by atoms with Gasteiger partial charge in [0, 0.05) is 24.1 Å². The zero-order chi connectivity index (χ0) is 22.9. The Morgan fingerprint density at radius 2 is 1.84 bits per heavy atom. The molecule has 0 spiro atoms. The van der Waals surface area contributed by atoms with Crippen LogP contribution < -0.4 is 10.2 Å². The quantitative estimate of drug-likeness (QED) is 0.332. The molecular weight excluding hydrogens is 408 g/mol. The molecule has 0 aliphatic rings. The van der Waals surface area contributed by atoms with Crippen LogP contribution in [0.5, 0.6) is 5.75 Å². The lowest BCUT2D eigenvalue weighted by Crippen LogP contribution is -2.18. The molecule has 0 bridgehead atoms. The highest BCUT2D eigenvalue weighted by molar-refractivity contribution is 5.87. The number of hydrogen-bond acceptors (Lipinski definition) is 6. The maximum atomic E-state index is 11.6. The van der Waals surface area contributed by atoms with Gasteiger partial charge in [0.05, 0.1) is 24.5 Å². The molecule has 0 fully saturated rings. The Morgan fingerprint density at radius 1 is 1.12 bits per heavy atom. The Balaban J connectivity index is 1.56. The van der Waals surface area contributed by atoms with Gasteiger partial charge in [0.1, 0.15) is 11.5 Å². The molecule has 32 heavy (non-hydrogen) atoms. The van der Waals surface area contributed by atoms with Gasteiger partial charge in [0.2, 0.25) is 5.89 Å². The van der Waals surface area contributed by atoms with E-state index >= 15 is 0 Å². The van der Waals surface area contributed by atoms with Gasteiger partial charge in [0.25, 0.3) is 0 Å². The minimum Gasteiger partial charge on any atom is -0.493 e. The number of allylic oxidation sites excluding steroid dienone is 1. The first-order valence-corrected chi connectivity index (χ1v) is 10.5. The van der Waals surface area contributed by atoms with Gasteiger partial charge >= 0.3 is 5.97 Å². The van der Waals surface area contributed by atoms with Crippen molar-refractivity contribution in [3.8, 4) is 17.2 Å². The maximum absolute atomic E-state index is 11.6. The summed E-state index contributed by atoms with van der Waals surface area (Å²) in [5.74, 6) is 1.13. The molecule has 1 heterocycles. The number of aliphatic carboxylic acids is 1. The first kappa shape index (κ1) is 23.1. The van der Waals surface area contributed by atoms with Gasteiger partial charge < -0.3 is 14.3 Å². The normalized spacial score (nSPS) is 11.7. The number of nitrogens with zero attached hydrogens (tertiary/aromatic N) is 1. The summed E-state index contributed by atoms with van der Waals surface area (Å²) in [5, 5.41) is 9.49. The van der Waals surface area contributed by atoms with Gasteiger partial charge in [-0.05, 0) is 50.6 Å². The molecule has 3 rings (SSSR count). The van der Waals surface area contributed by atoms with Crippen molar-refractivity contribution in [2.24, 2.45) is 0 Å². The number of ether oxygens (including phenoxy) is 1. The summed E-state index contributed by atoms with van der Waals surface area (Å²) in [7, 11) is 0. The molecule has 0 radical (unpaired) electrons. The van der Waals surface area contributed by atoms with Crippen molar-refractivity contribution >= 4 is 5.97 Å². The SMILES string of the molecule is CCONC(C)=C(Cc1ccc(OCCc2nc(-c3ccccc3)oc2C)cc1)C(=O)O. The van der Waals surface area contributed by atoms with Crippen molar-refractivity contribution in [1.29, 1.82) is 0 Å². The second-order valence-corrected chi connectivity index (χ2v) is 7.25. The molecule has 0 amide bonds. The van der Waals surface area contributed by atoms with E-state index in [9.17, 15) is 9.90 Å². The number of carboxylic acid groups (broad SMARTS) is 1. The fraction of sp³-hybridized carbons (Fsp3) is 0.280. The van der Waals surface area contributed by atoms with E-state index in [1.807, 2.05) is 68.4 Å². The number of nitrogens with one attached hydrogen (secondary N) is 1. The van der Waals surface area contributed by atoms with Crippen molar-refractivity contribution in [1.82, 2.24) is 10.5 Å². The molecule has 168 valence electrons. The molecule has 0 saturated carbocycles. The fourth-order valence-corrected chi connectivity index (χ4v) is 3.15. The molecule has 7 heteroatoms. The van der Waals surface area contributed by atoms with Gasteiger partial charge in [0.15, 0.2) is 0 Å². The van der Waals surface area contributed by atoms with E-state index in [4.69, 9.17) is 14.0 Å². The van der Waals surface area contributed by atoms with Crippen molar-refractivity contribution in [3.05, 3.63) is 82.9 Å². The Labute approximate surface area is 187 Å². The van der Waals surface area contributed by atoms with Crippen LogP contribution in [0.3, 0.4) is 0 Å². The largest absolute Gasteiger partial charge is 0.493 e. The van der Waals surface area contributed by atoms with E-state index in [1.54, 1.807) is 6.92 Å². The smallest absolute Gasteiger partial charge is 0.333 e. The summed E-state index contributed by atoms with van der Waals surface area (Å²) in [4.78, 5) is 21.3. The van der Waals surface area contributed by atoms with Crippen molar-refractivity contribution < 1.29 is 23.9 Å². The van der Waals surface area contributed by atoms with Gasteiger partial charge in [-0.15, -0.1) is 0 Å². The topological polar surface area (TPSA) is 93.8 Å². The monoisotopic (exact) mass is 436 g/mol. The summed E-state index contributed by atoms with van der Waals surface area (Å²) in [6.45, 7) is 6.31. The minimum atomic E-state index is -0.979. The number of benzene rings is 2. The lowest BCUT2D eigenvalue weighted by atomic mass is 10.0. The number of carbonyl (C=O) groups is 1. The van der Waals surface area contributed by atoms with Crippen LogP contribution in [0.25, 0.3) is 11.5 Å². The van der Waals surface area contributed by atoms with E-state index in [-0.39, 0.29) is 12.0 Å². The molecule has 2 aromatic carbocycles. The first-order valence-electron chi connectivity index (χ1n) is 10.5. The molecule has 0 unspecified atom stereocenters. The molecule has 7 nitrogen and oxygen atoms in total. The third kappa shape index (κ3) is 6.21. The number of rotatable bonds is 11. The van der Waals surface area contributed by atoms with E-state index in [1.165, 1.54) is 0 Å². The van der Waals surface area contributed by atoms with Gasteiger partial charge in [-0.2, -0.15) is 0 Å². The predicted molar refractivity (Wildman–Crippen MR) is 121 cm³/mol. The zero-order valence-electron chi connectivity index (χ0n) is 18.6. The van der Waals surface area contributed by atoms with Crippen molar-refractivity contribution in [3.63, 3.8) is 0 Å². The molecule has 1 aromatic heterocycles. The number of aromatic nitrogens is 1. The molecule has 0 aliphatic carbocycles. The van der Waals surface area contributed by atoms with Crippen LogP contribution in [0.15, 0.2) is 70.3 Å². The number of oxazole rings is 1. The zero-order valence-corrected chi connectivity index (χ0v) is 18.6. The number of carboxylic acids is 1. The Hall–Kier alpha value is -3.58. The second kappa shape index (κ2) is 11.2. The first-order chi connectivity index (χ1) is 15.5. The van der Waals surface area contributed by atoms with Gasteiger partial charge in [-0.25, -0.2) is 9.78 Å². The molecule has 2 N–H and O–H groups in total. The van der Waals surface area contributed by atoms with Gasteiger partial charge in [-0.1, -0.05) is 30.3 Å². The Kier molecular flexibility index (Phi) is 8.05. The summed E-state index contributed by atoms with van der Waals surface area (Å²) in [6, 6.07) is 17.2. The molecule has 0 aliphatic heterocycles. The average molecular weight is 437 g/mol. The molecule has 0 atom stereocenters. The van der Waals surface area contributed by atoms with Crippen LogP contribution in [0, 0.1) is 6.92 Å². The van der Waals surface area contributed by atoms with Gasteiger partial charge in [-0.3, -0.25) is 10.3 Å². The molecular formula is C25H28N2O5. The standard InChI is InChI=1S/C25H28N2O5/c1-4-31-27-17(2)22(25(28)29)16-19-10-12-21(13-11-19)30-15-14-23-18(3)32-24(26-23)20-8-6-5-7-9-20/h5-13,27H,4,14-16H2,1-3H3,(H,28,29). The molecule has 3 aromatic rings. The Bertz CT molecular complexity index is 1060. The summed E-state index contributed by atoms with van der Waals surface area (Å²) < 4.78 is 11.6. The number of aryl methyl sites for hydroxylation is 1. The predicted octanol–water partition coefficient (Wildman–Crippen LogP) is 4.71. The Morgan fingerprint density at radius 3 is 2.50 bits per heavy atom. The summed E-state index contributed by atoms with van der Waals surface area (Å²) in [5.41, 5.74) is 6.08. The molecule has 0 saturated heterocycles. The third-order valence-corrected chi connectivity index (χ3v) is 4.91. The van der Waals surface area contributed by atoms with E-state index in [0.717, 1.165) is 22.6 Å². The maximum Gasteiger partial charge on any atom is 0.333 e. The average Bonchev–Trinajstić information content (AvgIpc) is 3.17.